The second kappa shape index (κ2) is 5.69. The van der Waals surface area contributed by atoms with Crippen LogP contribution in [0.5, 0.6) is 5.75 Å². The van der Waals surface area contributed by atoms with Gasteiger partial charge in [0.1, 0.15) is 12.4 Å². The first-order valence-electron chi connectivity index (χ1n) is 5.39. The monoisotopic (exact) mass is 266 g/mol. The topological polar surface area (TPSA) is 34.1 Å². The SMILES string of the molecule is CNc1cc(COc2ccc(Cl)cc2F)ccn1. The van der Waals surface area contributed by atoms with Gasteiger partial charge in [-0.05, 0) is 35.9 Å². The Balaban J connectivity index is 2.06. The minimum Gasteiger partial charge on any atom is -0.486 e. The van der Waals surface area contributed by atoms with Gasteiger partial charge in [-0.2, -0.15) is 0 Å². The Morgan fingerprint density at radius 1 is 1.33 bits per heavy atom. The summed E-state index contributed by atoms with van der Waals surface area (Å²) in [6.07, 6.45) is 1.67. The lowest BCUT2D eigenvalue weighted by Crippen LogP contribution is -1.99. The number of nitrogens with zero attached hydrogens (tertiary/aromatic N) is 1. The number of ether oxygens (including phenoxy) is 1. The molecule has 0 aliphatic rings. The Hall–Kier alpha value is -1.81. The molecule has 2 aromatic rings. The predicted octanol–water partition coefficient (Wildman–Crippen LogP) is 3.49. The second-order valence-corrected chi connectivity index (χ2v) is 4.10. The van der Waals surface area contributed by atoms with Crippen molar-refractivity contribution in [1.29, 1.82) is 0 Å². The molecule has 1 aromatic carbocycles. The smallest absolute Gasteiger partial charge is 0.166 e. The summed E-state index contributed by atoms with van der Waals surface area (Å²) in [4.78, 5) is 4.08. The molecule has 1 N–H and O–H groups in total. The van der Waals surface area contributed by atoms with E-state index < -0.39 is 5.82 Å². The largest absolute Gasteiger partial charge is 0.486 e. The minimum absolute atomic E-state index is 0.183. The van der Waals surface area contributed by atoms with E-state index in [1.165, 1.54) is 12.1 Å². The highest BCUT2D eigenvalue weighted by Gasteiger charge is 2.04. The van der Waals surface area contributed by atoms with Crippen LogP contribution in [0.15, 0.2) is 36.5 Å². The maximum absolute atomic E-state index is 13.5. The Morgan fingerprint density at radius 2 is 2.17 bits per heavy atom. The number of hydrogen-bond acceptors (Lipinski definition) is 3. The van der Waals surface area contributed by atoms with Gasteiger partial charge in [-0.3, -0.25) is 0 Å². The van der Waals surface area contributed by atoms with Crippen molar-refractivity contribution in [3.63, 3.8) is 0 Å². The van der Waals surface area contributed by atoms with Crippen molar-refractivity contribution < 1.29 is 9.13 Å². The van der Waals surface area contributed by atoms with Gasteiger partial charge < -0.3 is 10.1 Å². The lowest BCUT2D eigenvalue weighted by atomic mass is 10.2. The summed E-state index contributed by atoms with van der Waals surface area (Å²) in [5, 5.41) is 3.27. The van der Waals surface area contributed by atoms with Crippen molar-refractivity contribution >= 4 is 17.4 Å². The van der Waals surface area contributed by atoms with Crippen molar-refractivity contribution in [1.82, 2.24) is 4.98 Å². The number of hydrogen-bond donors (Lipinski definition) is 1. The van der Waals surface area contributed by atoms with Crippen LogP contribution in [0.1, 0.15) is 5.56 Å². The Kier molecular flexibility index (Phi) is 3.99. The summed E-state index contributed by atoms with van der Waals surface area (Å²) in [5.74, 6) is 0.459. The predicted molar refractivity (Wildman–Crippen MR) is 69.5 cm³/mol. The summed E-state index contributed by atoms with van der Waals surface area (Å²) in [6.45, 7) is 0.274. The molecule has 1 aromatic heterocycles. The van der Waals surface area contributed by atoms with Crippen LogP contribution < -0.4 is 10.1 Å². The van der Waals surface area contributed by atoms with Crippen molar-refractivity contribution in [2.75, 3.05) is 12.4 Å². The summed E-state index contributed by atoms with van der Waals surface area (Å²) < 4.78 is 18.9. The van der Waals surface area contributed by atoms with E-state index in [2.05, 4.69) is 10.3 Å². The number of pyridine rings is 1. The van der Waals surface area contributed by atoms with Gasteiger partial charge in [0.15, 0.2) is 11.6 Å². The van der Waals surface area contributed by atoms with E-state index in [9.17, 15) is 4.39 Å². The lowest BCUT2D eigenvalue weighted by Gasteiger charge is -2.08. The van der Waals surface area contributed by atoms with Gasteiger partial charge in [0.05, 0.1) is 0 Å². The first-order chi connectivity index (χ1) is 8.69. The number of benzene rings is 1. The second-order valence-electron chi connectivity index (χ2n) is 3.66. The van der Waals surface area contributed by atoms with E-state index in [4.69, 9.17) is 16.3 Å². The third kappa shape index (κ3) is 3.11. The molecule has 18 heavy (non-hydrogen) atoms. The fraction of sp³-hybridized carbons (Fsp3) is 0.154. The molecule has 0 aliphatic carbocycles. The number of halogens is 2. The van der Waals surface area contributed by atoms with Gasteiger partial charge in [0.25, 0.3) is 0 Å². The third-order valence-corrected chi connectivity index (χ3v) is 2.60. The average molecular weight is 267 g/mol. The number of aromatic nitrogens is 1. The zero-order valence-electron chi connectivity index (χ0n) is 9.78. The van der Waals surface area contributed by atoms with Crippen LogP contribution in [-0.2, 0) is 6.61 Å². The zero-order chi connectivity index (χ0) is 13.0. The molecule has 0 aliphatic heterocycles. The van der Waals surface area contributed by atoms with E-state index in [0.717, 1.165) is 11.4 Å². The Morgan fingerprint density at radius 3 is 2.89 bits per heavy atom. The first kappa shape index (κ1) is 12.6. The van der Waals surface area contributed by atoms with Crippen LogP contribution in [0, 0.1) is 5.82 Å². The van der Waals surface area contributed by atoms with Crippen molar-refractivity contribution in [3.8, 4) is 5.75 Å². The van der Waals surface area contributed by atoms with E-state index in [1.807, 2.05) is 12.1 Å². The van der Waals surface area contributed by atoms with Crippen LogP contribution >= 0.6 is 11.6 Å². The zero-order valence-corrected chi connectivity index (χ0v) is 10.5. The van der Waals surface area contributed by atoms with Crippen LogP contribution in [-0.4, -0.2) is 12.0 Å². The maximum atomic E-state index is 13.5. The Bertz CT molecular complexity index is 548. The molecule has 5 heteroatoms. The highest BCUT2D eigenvalue weighted by Crippen LogP contribution is 2.22. The van der Waals surface area contributed by atoms with Crippen LogP contribution in [0.3, 0.4) is 0 Å². The standard InChI is InChI=1S/C13H12ClFN2O/c1-16-13-6-9(4-5-17-13)8-18-12-3-2-10(14)7-11(12)15/h2-7H,8H2,1H3,(H,16,17). The van der Waals surface area contributed by atoms with Gasteiger partial charge in [0, 0.05) is 18.3 Å². The quantitative estimate of drug-likeness (QED) is 0.920. The van der Waals surface area contributed by atoms with E-state index in [1.54, 1.807) is 19.3 Å². The van der Waals surface area contributed by atoms with Crippen LogP contribution in [0.2, 0.25) is 5.02 Å². The molecule has 0 saturated carbocycles. The molecule has 3 nitrogen and oxygen atoms in total. The molecule has 0 fully saturated rings. The average Bonchev–Trinajstić information content (AvgIpc) is 2.38. The van der Waals surface area contributed by atoms with Crippen LogP contribution in [0.4, 0.5) is 10.2 Å². The van der Waals surface area contributed by atoms with Gasteiger partial charge >= 0.3 is 0 Å². The van der Waals surface area contributed by atoms with E-state index in [-0.39, 0.29) is 12.4 Å². The third-order valence-electron chi connectivity index (χ3n) is 2.37. The van der Waals surface area contributed by atoms with E-state index in [0.29, 0.717) is 5.02 Å². The highest BCUT2D eigenvalue weighted by atomic mass is 35.5. The molecule has 0 atom stereocenters. The Labute approximate surface area is 110 Å². The van der Waals surface area contributed by atoms with Crippen molar-refractivity contribution in [2.45, 2.75) is 6.61 Å². The molecule has 1 heterocycles. The number of nitrogens with one attached hydrogen (secondary N) is 1. The highest BCUT2D eigenvalue weighted by molar-refractivity contribution is 6.30. The summed E-state index contributed by atoms with van der Waals surface area (Å²) in [6, 6.07) is 7.98. The first-order valence-corrected chi connectivity index (χ1v) is 5.77. The van der Waals surface area contributed by atoms with Crippen molar-refractivity contribution in [2.24, 2.45) is 0 Å². The molecule has 2 rings (SSSR count). The molecule has 94 valence electrons. The van der Waals surface area contributed by atoms with E-state index >= 15 is 0 Å². The van der Waals surface area contributed by atoms with Gasteiger partial charge in [-0.15, -0.1) is 0 Å². The van der Waals surface area contributed by atoms with Gasteiger partial charge in [-0.25, -0.2) is 9.37 Å². The number of anilines is 1. The molecule has 0 amide bonds. The number of rotatable bonds is 4. The molecule has 0 saturated heterocycles. The van der Waals surface area contributed by atoms with Gasteiger partial charge in [0.2, 0.25) is 0 Å². The molecule has 0 radical (unpaired) electrons. The normalized spacial score (nSPS) is 10.2. The summed E-state index contributed by atoms with van der Waals surface area (Å²) >= 11 is 5.66. The molecular formula is C13H12ClFN2O. The summed E-state index contributed by atoms with van der Waals surface area (Å²) in [7, 11) is 1.78. The van der Waals surface area contributed by atoms with Gasteiger partial charge in [-0.1, -0.05) is 11.6 Å². The molecule has 0 spiro atoms. The summed E-state index contributed by atoms with van der Waals surface area (Å²) in [5.41, 5.74) is 0.906. The fourth-order valence-electron chi connectivity index (χ4n) is 1.45. The lowest BCUT2D eigenvalue weighted by molar-refractivity contribution is 0.290. The molecule has 0 bridgehead atoms. The maximum Gasteiger partial charge on any atom is 0.166 e. The fourth-order valence-corrected chi connectivity index (χ4v) is 1.61. The molecular weight excluding hydrogens is 255 g/mol. The minimum atomic E-state index is -0.467. The van der Waals surface area contributed by atoms with Crippen molar-refractivity contribution in [3.05, 3.63) is 52.9 Å². The molecule has 0 unspecified atom stereocenters. The van der Waals surface area contributed by atoms with Crippen LogP contribution in [0.25, 0.3) is 0 Å².